The van der Waals surface area contributed by atoms with Gasteiger partial charge in [0.25, 0.3) is 0 Å². The number of nitriles is 2. The molecule has 0 fully saturated rings. The van der Waals surface area contributed by atoms with Crippen molar-refractivity contribution in [2.24, 2.45) is 0 Å². The van der Waals surface area contributed by atoms with Gasteiger partial charge in [-0.2, -0.15) is 10.5 Å². The summed E-state index contributed by atoms with van der Waals surface area (Å²) in [5, 5.41) is 27.6. The van der Waals surface area contributed by atoms with E-state index in [-0.39, 0.29) is 0 Å². The van der Waals surface area contributed by atoms with Crippen molar-refractivity contribution in [3.05, 3.63) is 59.7 Å². The maximum absolute atomic E-state index is 8.80. The third-order valence-corrected chi connectivity index (χ3v) is 3.97. The first kappa shape index (κ1) is 13.0. The van der Waals surface area contributed by atoms with Gasteiger partial charge in [0, 0.05) is 11.1 Å². The highest BCUT2D eigenvalue weighted by atomic mass is 32.1. The lowest BCUT2D eigenvalue weighted by molar-refractivity contribution is 1.10. The molecule has 0 aliphatic rings. The smallest absolute Gasteiger partial charge is 0.148 e. The van der Waals surface area contributed by atoms with Crippen molar-refractivity contribution in [1.29, 1.82) is 10.5 Å². The molecule has 4 nitrogen and oxygen atoms in total. The van der Waals surface area contributed by atoms with Crippen LogP contribution in [0.5, 0.6) is 0 Å². The molecule has 0 bridgehead atoms. The molecule has 21 heavy (non-hydrogen) atoms. The van der Waals surface area contributed by atoms with Crippen molar-refractivity contribution >= 4 is 11.3 Å². The minimum Gasteiger partial charge on any atom is -0.192 e. The summed E-state index contributed by atoms with van der Waals surface area (Å²) in [6.45, 7) is 0. The largest absolute Gasteiger partial charge is 0.192 e. The SMILES string of the molecule is N#Cc1ccc(-c2nnc(-c3ccc(C#N)cc3)s2)cc1. The standard InChI is InChI=1S/C16H8N4S/c17-9-11-1-5-13(6-2-11)15-19-20-16(21-15)14-7-3-12(10-18)4-8-14/h1-8H. The lowest BCUT2D eigenvalue weighted by Gasteiger charge is -1.95. The van der Waals surface area contributed by atoms with E-state index >= 15 is 0 Å². The molecule has 0 radical (unpaired) electrons. The summed E-state index contributed by atoms with van der Waals surface area (Å²) >= 11 is 1.48. The predicted octanol–water partition coefficient (Wildman–Crippen LogP) is 3.62. The van der Waals surface area contributed by atoms with Crippen LogP contribution in [0.15, 0.2) is 48.5 Å². The normalized spacial score (nSPS) is 9.81. The Morgan fingerprint density at radius 1 is 0.667 bits per heavy atom. The first-order chi connectivity index (χ1) is 10.3. The van der Waals surface area contributed by atoms with Crippen LogP contribution in [-0.4, -0.2) is 10.2 Å². The molecule has 0 spiro atoms. The van der Waals surface area contributed by atoms with Crippen molar-refractivity contribution in [3.8, 4) is 33.3 Å². The fourth-order valence-electron chi connectivity index (χ4n) is 1.83. The summed E-state index contributed by atoms with van der Waals surface area (Å²) < 4.78 is 0. The molecular weight excluding hydrogens is 280 g/mol. The molecule has 0 aliphatic carbocycles. The Kier molecular flexibility index (Phi) is 3.42. The fraction of sp³-hybridized carbons (Fsp3) is 0. The molecule has 3 rings (SSSR count). The van der Waals surface area contributed by atoms with Gasteiger partial charge in [-0.3, -0.25) is 0 Å². The maximum atomic E-state index is 8.80. The Bertz CT molecular complexity index is 777. The van der Waals surface area contributed by atoms with Gasteiger partial charge in [-0.25, -0.2) is 0 Å². The Labute approximate surface area is 125 Å². The fourth-order valence-corrected chi connectivity index (χ4v) is 2.69. The molecule has 0 unspecified atom stereocenters. The quantitative estimate of drug-likeness (QED) is 0.722. The molecule has 0 atom stereocenters. The van der Waals surface area contributed by atoms with Crippen molar-refractivity contribution in [1.82, 2.24) is 10.2 Å². The lowest BCUT2D eigenvalue weighted by atomic mass is 10.2. The van der Waals surface area contributed by atoms with Gasteiger partial charge in [0.15, 0.2) is 0 Å². The third kappa shape index (κ3) is 2.64. The molecule has 98 valence electrons. The van der Waals surface area contributed by atoms with Crippen LogP contribution in [0.2, 0.25) is 0 Å². The molecule has 5 heteroatoms. The predicted molar refractivity (Wildman–Crippen MR) is 80.2 cm³/mol. The zero-order chi connectivity index (χ0) is 14.7. The first-order valence-corrected chi connectivity index (χ1v) is 6.96. The number of hydrogen-bond donors (Lipinski definition) is 0. The van der Waals surface area contributed by atoms with Gasteiger partial charge in [-0.05, 0) is 24.3 Å². The second kappa shape index (κ2) is 5.54. The third-order valence-electron chi connectivity index (χ3n) is 2.95. The van der Waals surface area contributed by atoms with Gasteiger partial charge in [-0.15, -0.1) is 10.2 Å². The number of aromatic nitrogens is 2. The van der Waals surface area contributed by atoms with Gasteiger partial charge >= 0.3 is 0 Å². The number of rotatable bonds is 2. The van der Waals surface area contributed by atoms with Gasteiger partial charge in [0.05, 0.1) is 23.3 Å². The maximum Gasteiger partial charge on any atom is 0.148 e. The van der Waals surface area contributed by atoms with Gasteiger partial charge < -0.3 is 0 Å². The molecular formula is C16H8N4S. The second-order valence-corrected chi connectivity index (χ2v) is 5.27. The Hall–Kier alpha value is -3.02. The first-order valence-electron chi connectivity index (χ1n) is 6.15. The molecule has 0 N–H and O–H groups in total. The van der Waals surface area contributed by atoms with Crippen LogP contribution in [0.1, 0.15) is 11.1 Å². The van der Waals surface area contributed by atoms with E-state index in [1.54, 1.807) is 24.3 Å². The van der Waals surface area contributed by atoms with Crippen LogP contribution in [0.3, 0.4) is 0 Å². The molecule has 0 amide bonds. The molecule has 0 aliphatic heterocycles. The molecule has 1 aromatic heterocycles. The molecule has 0 saturated heterocycles. The van der Waals surface area contributed by atoms with Crippen molar-refractivity contribution in [2.75, 3.05) is 0 Å². The Morgan fingerprint density at radius 2 is 1.05 bits per heavy atom. The summed E-state index contributed by atoms with van der Waals surface area (Å²) in [7, 11) is 0. The molecule has 0 saturated carbocycles. The zero-order valence-electron chi connectivity index (χ0n) is 10.8. The van der Waals surface area contributed by atoms with Gasteiger partial charge in [-0.1, -0.05) is 35.6 Å². The van der Waals surface area contributed by atoms with E-state index in [1.807, 2.05) is 24.3 Å². The van der Waals surface area contributed by atoms with Crippen LogP contribution in [0, 0.1) is 22.7 Å². The minimum absolute atomic E-state index is 0.621. The highest BCUT2D eigenvalue weighted by Crippen LogP contribution is 2.30. The van der Waals surface area contributed by atoms with Crippen LogP contribution in [0.25, 0.3) is 21.1 Å². The van der Waals surface area contributed by atoms with E-state index in [4.69, 9.17) is 10.5 Å². The molecule has 3 aromatic rings. The average Bonchev–Trinajstić information content (AvgIpc) is 3.05. The lowest BCUT2D eigenvalue weighted by Crippen LogP contribution is -1.79. The number of benzene rings is 2. The summed E-state index contributed by atoms with van der Waals surface area (Å²) in [6, 6.07) is 18.7. The van der Waals surface area contributed by atoms with E-state index in [0.29, 0.717) is 11.1 Å². The van der Waals surface area contributed by atoms with Crippen LogP contribution in [-0.2, 0) is 0 Å². The Balaban J connectivity index is 1.92. The topological polar surface area (TPSA) is 73.4 Å². The second-order valence-electron chi connectivity index (χ2n) is 4.29. The van der Waals surface area contributed by atoms with Crippen molar-refractivity contribution in [3.63, 3.8) is 0 Å². The summed E-state index contributed by atoms with van der Waals surface area (Å²) in [6.07, 6.45) is 0. The highest BCUT2D eigenvalue weighted by molar-refractivity contribution is 7.17. The summed E-state index contributed by atoms with van der Waals surface area (Å²) in [5.41, 5.74) is 3.11. The summed E-state index contributed by atoms with van der Waals surface area (Å²) in [4.78, 5) is 0. The zero-order valence-corrected chi connectivity index (χ0v) is 11.6. The van der Waals surface area contributed by atoms with E-state index in [2.05, 4.69) is 22.3 Å². The van der Waals surface area contributed by atoms with Crippen molar-refractivity contribution in [2.45, 2.75) is 0 Å². The summed E-state index contributed by atoms with van der Waals surface area (Å²) in [5.74, 6) is 0. The van der Waals surface area contributed by atoms with Gasteiger partial charge in [0.1, 0.15) is 10.0 Å². The van der Waals surface area contributed by atoms with E-state index in [1.165, 1.54) is 11.3 Å². The number of nitrogens with zero attached hydrogens (tertiary/aromatic N) is 4. The van der Waals surface area contributed by atoms with Crippen LogP contribution >= 0.6 is 11.3 Å². The monoisotopic (exact) mass is 288 g/mol. The molecule has 1 heterocycles. The number of hydrogen-bond acceptors (Lipinski definition) is 5. The van der Waals surface area contributed by atoms with E-state index in [9.17, 15) is 0 Å². The van der Waals surface area contributed by atoms with Crippen LogP contribution < -0.4 is 0 Å². The van der Waals surface area contributed by atoms with Gasteiger partial charge in [0.2, 0.25) is 0 Å². The highest BCUT2D eigenvalue weighted by Gasteiger charge is 2.08. The van der Waals surface area contributed by atoms with E-state index in [0.717, 1.165) is 21.1 Å². The minimum atomic E-state index is 0.621. The van der Waals surface area contributed by atoms with Crippen molar-refractivity contribution < 1.29 is 0 Å². The Morgan fingerprint density at radius 3 is 1.38 bits per heavy atom. The average molecular weight is 288 g/mol. The van der Waals surface area contributed by atoms with Crippen LogP contribution in [0.4, 0.5) is 0 Å². The van der Waals surface area contributed by atoms with E-state index < -0.39 is 0 Å². The molecule has 2 aromatic carbocycles.